The fourth-order valence-electron chi connectivity index (χ4n) is 5.32. The van der Waals surface area contributed by atoms with Gasteiger partial charge in [0.05, 0.1) is 0 Å². The third-order valence-corrected chi connectivity index (χ3v) is 9.72. The number of aromatic hydroxyl groups is 2. The van der Waals surface area contributed by atoms with E-state index in [-0.39, 0.29) is 39.3 Å². The molecule has 0 radical (unpaired) electrons. The van der Waals surface area contributed by atoms with Gasteiger partial charge in [0.25, 0.3) is 0 Å². The predicted octanol–water partition coefficient (Wildman–Crippen LogP) is 10.5. The minimum Gasteiger partial charge on any atom is -0.507 e. The fraction of sp³-hybridized carbons (Fsp3) is 0.676. The first-order valence-electron chi connectivity index (χ1n) is 16.2. The Bertz CT molecular complexity index is 1140. The smallest absolute Gasteiger partial charge is 0.407 e. The van der Waals surface area contributed by atoms with Gasteiger partial charge in [-0.15, -0.1) is 0 Å². The van der Waals surface area contributed by atoms with E-state index in [0.717, 1.165) is 47.9 Å². The van der Waals surface area contributed by atoms with Crippen molar-refractivity contribution in [2.45, 2.75) is 156 Å². The van der Waals surface area contributed by atoms with Crippen molar-refractivity contribution < 1.29 is 24.5 Å². The zero-order valence-electron chi connectivity index (χ0n) is 29.5. The number of rotatable bonds is 11. The molecule has 0 fully saturated rings. The molecule has 0 atom stereocenters. The lowest BCUT2D eigenvalue weighted by atomic mass is 9.76. The molecular weight excluding hydrogens is 555 g/mol. The van der Waals surface area contributed by atoms with Crippen molar-refractivity contribution >= 4 is 7.94 Å². The number of benzene rings is 2. The Morgan fingerprint density at radius 3 is 1.30 bits per heavy atom. The Morgan fingerprint density at radius 1 is 0.581 bits per heavy atom. The SMILES string of the molecule is CCCCCCCC[P+](O)(O)OC(c1cc(C(C)(C)C)cc(C(C)(C)C)c1O)c1cc(C(C)(C)C)cc(C(C)(C)C)c1O. The summed E-state index contributed by atoms with van der Waals surface area (Å²) in [6.45, 7) is 27.2. The Labute approximate surface area is 263 Å². The van der Waals surface area contributed by atoms with Crippen LogP contribution in [0.25, 0.3) is 0 Å². The standard InChI is InChI=1S/C37H61O5P/c1-14-15-16-17-18-19-20-43(40,41)42-33(27-21-25(34(2,3)4)23-29(31(27)38)36(8,9)10)28-22-26(35(5,6)7)24-30(32(28)39)37(11,12)13/h21-24,33,40-41H,14-20H2,1-13H3,(H-,38,39)/p+1. The van der Waals surface area contributed by atoms with Gasteiger partial charge in [0.2, 0.25) is 0 Å². The average molecular weight is 618 g/mol. The lowest BCUT2D eigenvalue weighted by Gasteiger charge is -2.32. The van der Waals surface area contributed by atoms with Crippen LogP contribution in [0, 0.1) is 0 Å². The van der Waals surface area contributed by atoms with Gasteiger partial charge in [-0.05, 0) is 68.9 Å². The Balaban J connectivity index is 2.88. The van der Waals surface area contributed by atoms with E-state index in [4.69, 9.17) is 4.52 Å². The molecule has 4 N–H and O–H groups in total. The first kappa shape index (κ1) is 37.5. The summed E-state index contributed by atoms with van der Waals surface area (Å²) in [5.74, 6) is 0.117. The van der Waals surface area contributed by atoms with Crippen LogP contribution in [0.5, 0.6) is 11.5 Å². The second kappa shape index (κ2) is 13.8. The Hall–Kier alpha value is -1.65. The zero-order chi connectivity index (χ0) is 33.2. The van der Waals surface area contributed by atoms with Gasteiger partial charge in [-0.2, -0.15) is 14.3 Å². The van der Waals surface area contributed by atoms with Crippen molar-refractivity contribution in [3.63, 3.8) is 0 Å². The molecule has 2 rings (SSSR count). The van der Waals surface area contributed by atoms with Crippen LogP contribution in [-0.4, -0.2) is 26.2 Å². The highest BCUT2D eigenvalue weighted by Crippen LogP contribution is 2.59. The molecule has 43 heavy (non-hydrogen) atoms. The fourth-order valence-corrected chi connectivity index (χ4v) is 6.63. The summed E-state index contributed by atoms with van der Waals surface area (Å²) < 4.78 is 6.37. The molecular formula is C37H62O5P+. The van der Waals surface area contributed by atoms with Crippen LogP contribution in [-0.2, 0) is 26.2 Å². The average Bonchev–Trinajstić information content (AvgIpc) is 2.82. The van der Waals surface area contributed by atoms with Gasteiger partial charge in [-0.3, -0.25) is 0 Å². The van der Waals surface area contributed by atoms with Crippen molar-refractivity contribution in [1.82, 2.24) is 0 Å². The molecule has 0 aliphatic heterocycles. The van der Waals surface area contributed by atoms with E-state index >= 15 is 0 Å². The summed E-state index contributed by atoms with van der Waals surface area (Å²) in [5.41, 5.74) is 3.10. The molecule has 0 amide bonds. The number of phenolic OH excluding ortho intramolecular Hbond substituents is 2. The normalized spacial score (nSPS) is 13.7. The lowest BCUT2D eigenvalue weighted by molar-refractivity contribution is 0.175. The molecule has 244 valence electrons. The molecule has 6 heteroatoms. The van der Waals surface area contributed by atoms with Crippen LogP contribution in [0.3, 0.4) is 0 Å². The van der Waals surface area contributed by atoms with Crippen LogP contribution in [0.4, 0.5) is 0 Å². The minimum absolute atomic E-state index is 0.0583. The highest BCUT2D eigenvalue weighted by atomic mass is 31.2. The van der Waals surface area contributed by atoms with Crippen molar-refractivity contribution in [2.24, 2.45) is 0 Å². The van der Waals surface area contributed by atoms with Gasteiger partial charge in [0, 0.05) is 11.1 Å². The summed E-state index contributed by atoms with van der Waals surface area (Å²) in [6, 6.07) is 7.91. The lowest BCUT2D eigenvalue weighted by Crippen LogP contribution is -2.21. The maximum atomic E-state index is 11.9. The van der Waals surface area contributed by atoms with Gasteiger partial charge in [-0.1, -0.05) is 128 Å². The van der Waals surface area contributed by atoms with Gasteiger partial charge >= 0.3 is 7.94 Å². The molecule has 2 aromatic carbocycles. The van der Waals surface area contributed by atoms with Crippen LogP contribution >= 0.6 is 7.94 Å². The van der Waals surface area contributed by atoms with E-state index in [1.165, 1.54) is 6.42 Å². The minimum atomic E-state index is -3.87. The van der Waals surface area contributed by atoms with E-state index in [9.17, 15) is 20.0 Å². The molecule has 2 aromatic rings. The van der Waals surface area contributed by atoms with Crippen LogP contribution in [0.2, 0.25) is 0 Å². The molecule has 0 aromatic heterocycles. The Morgan fingerprint density at radius 2 is 0.953 bits per heavy atom. The second-order valence-corrected chi connectivity index (χ2v) is 18.6. The predicted molar refractivity (Wildman–Crippen MR) is 184 cm³/mol. The first-order chi connectivity index (χ1) is 19.4. The van der Waals surface area contributed by atoms with Gasteiger partial charge in [0.1, 0.15) is 17.7 Å². The maximum Gasteiger partial charge on any atom is 0.407 e. The molecule has 0 aliphatic carbocycles. The van der Waals surface area contributed by atoms with Crippen LogP contribution < -0.4 is 0 Å². The summed E-state index contributed by atoms with van der Waals surface area (Å²) in [6.07, 6.45) is 5.09. The monoisotopic (exact) mass is 617 g/mol. The van der Waals surface area contributed by atoms with Crippen LogP contribution in [0.1, 0.15) is 168 Å². The number of unbranched alkanes of at least 4 members (excludes halogenated alkanes) is 5. The molecule has 0 spiro atoms. The van der Waals surface area contributed by atoms with E-state index < -0.39 is 14.0 Å². The molecule has 0 saturated carbocycles. The van der Waals surface area contributed by atoms with Crippen LogP contribution in [0.15, 0.2) is 24.3 Å². The van der Waals surface area contributed by atoms with Crippen molar-refractivity contribution in [1.29, 1.82) is 0 Å². The van der Waals surface area contributed by atoms with Gasteiger partial charge in [0.15, 0.2) is 6.10 Å². The zero-order valence-corrected chi connectivity index (χ0v) is 30.4. The largest absolute Gasteiger partial charge is 0.507 e. The molecule has 0 aliphatic rings. The molecule has 0 bridgehead atoms. The second-order valence-electron chi connectivity index (χ2n) is 16.6. The molecule has 5 nitrogen and oxygen atoms in total. The molecule has 0 saturated heterocycles. The Kier molecular flexibility index (Phi) is 12.0. The van der Waals surface area contributed by atoms with Gasteiger partial charge < -0.3 is 10.2 Å². The van der Waals surface area contributed by atoms with Crippen molar-refractivity contribution in [2.75, 3.05) is 6.16 Å². The summed E-state index contributed by atoms with van der Waals surface area (Å²) >= 11 is 0. The summed E-state index contributed by atoms with van der Waals surface area (Å²) in [4.78, 5) is 22.8. The van der Waals surface area contributed by atoms with E-state index in [0.29, 0.717) is 17.5 Å². The topological polar surface area (TPSA) is 90.2 Å². The molecule has 0 heterocycles. The first-order valence-corrected chi connectivity index (χ1v) is 18.0. The van der Waals surface area contributed by atoms with Crippen molar-refractivity contribution in [3.8, 4) is 11.5 Å². The summed E-state index contributed by atoms with van der Waals surface area (Å²) in [7, 11) is -3.87. The maximum absolute atomic E-state index is 11.9. The highest BCUT2D eigenvalue weighted by Gasteiger charge is 2.43. The van der Waals surface area contributed by atoms with Gasteiger partial charge in [-0.25, -0.2) is 0 Å². The third-order valence-electron chi connectivity index (χ3n) is 8.27. The van der Waals surface area contributed by atoms with E-state index in [1.807, 2.05) is 24.3 Å². The quantitative estimate of drug-likeness (QED) is 0.149. The van der Waals surface area contributed by atoms with Crippen molar-refractivity contribution in [3.05, 3.63) is 57.6 Å². The number of phenols is 2. The number of hydrogen-bond acceptors (Lipinski definition) is 5. The number of hydrogen-bond donors (Lipinski definition) is 4. The third kappa shape index (κ3) is 10.2. The highest BCUT2D eigenvalue weighted by molar-refractivity contribution is 7.59. The van der Waals surface area contributed by atoms with E-state index in [1.54, 1.807) is 0 Å². The summed E-state index contributed by atoms with van der Waals surface area (Å²) in [5, 5.41) is 23.8. The van der Waals surface area contributed by atoms with E-state index in [2.05, 4.69) is 90.0 Å². The molecule has 0 unspecified atom stereocenters.